The highest BCUT2D eigenvalue weighted by atomic mass is 15.3. The number of hydrogen-bond acceptors (Lipinski definition) is 2. The zero-order valence-corrected chi connectivity index (χ0v) is 8.90. The van der Waals surface area contributed by atoms with Crippen molar-refractivity contribution in [2.24, 2.45) is 0 Å². The average Bonchev–Trinajstić information content (AvgIpc) is 2.87. The molecule has 2 aromatic rings. The summed E-state index contributed by atoms with van der Waals surface area (Å²) in [6.07, 6.45) is 6.99. The van der Waals surface area contributed by atoms with Crippen molar-refractivity contribution in [2.45, 2.75) is 13.0 Å². The fourth-order valence-electron chi connectivity index (χ4n) is 1.55. The molecule has 0 amide bonds. The third-order valence-corrected chi connectivity index (χ3v) is 2.36. The van der Waals surface area contributed by atoms with Crippen molar-refractivity contribution in [3.63, 3.8) is 0 Å². The molecule has 0 aliphatic carbocycles. The Labute approximate surface area is 89.3 Å². The molecule has 0 atom stereocenters. The summed E-state index contributed by atoms with van der Waals surface area (Å²) in [5, 5.41) is 7.44. The zero-order valence-electron chi connectivity index (χ0n) is 8.90. The highest BCUT2D eigenvalue weighted by Gasteiger charge is 2.01. The number of hydrogen-bond donors (Lipinski definition) is 2. The molecular formula is C11H16N4. The van der Waals surface area contributed by atoms with E-state index < -0.39 is 0 Å². The normalized spacial score (nSPS) is 10.7. The summed E-state index contributed by atoms with van der Waals surface area (Å²) < 4.78 is 1.98. The molecule has 0 saturated heterocycles. The van der Waals surface area contributed by atoms with Crippen molar-refractivity contribution in [2.75, 3.05) is 13.6 Å². The van der Waals surface area contributed by atoms with Crippen LogP contribution in [0.4, 0.5) is 0 Å². The van der Waals surface area contributed by atoms with Gasteiger partial charge in [0.2, 0.25) is 0 Å². The monoisotopic (exact) mass is 204 g/mol. The number of aryl methyl sites for hydroxylation is 1. The quantitative estimate of drug-likeness (QED) is 0.725. The molecule has 0 aromatic carbocycles. The van der Waals surface area contributed by atoms with E-state index in [4.69, 9.17) is 0 Å². The fourth-order valence-corrected chi connectivity index (χ4v) is 1.55. The van der Waals surface area contributed by atoms with Crippen molar-refractivity contribution in [1.82, 2.24) is 20.1 Å². The first-order valence-corrected chi connectivity index (χ1v) is 5.21. The summed E-state index contributed by atoms with van der Waals surface area (Å²) in [5.74, 6) is 0. The van der Waals surface area contributed by atoms with E-state index in [9.17, 15) is 0 Å². The van der Waals surface area contributed by atoms with E-state index in [-0.39, 0.29) is 0 Å². The van der Waals surface area contributed by atoms with Crippen LogP contribution in [-0.2, 0) is 6.54 Å². The third-order valence-electron chi connectivity index (χ3n) is 2.36. The lowest BCUT2D eigenvalue weighted by Crippen LogP contribution is -2.11. The summed E-state index contributed by atoms with van der Waals surface area (Å²) in [6, 6.07) is 4.04. The van der Waals surface area contributed by atoms with Gasteiger partial charge in [-0.15, -0.1) is 0 Å². The number of aromatic nitrogens is 3. The number of nitrogens with one attached hydrogen (secondary N) is 2. The Hall–Kier alpha value is -1.55. The van der Waals surface area contributed by atoms with Crippen LogP contribution in [0.3, 0.4) is 0 Å². The van der Waals surface area contributed by atoms with Gasteiger partial charge in [0.05, 0.1) is 6.20 Å². The molecule has 0 saturated carbocycles. The van der Waals surface area contributed by atoms with Gasteiger partial charge in [0.25, 0.3) is 0 Å². The van der Waals surface area contributed by atoms with Crippen LogP contribution in [-0.4, -0.2) is 28.4 Å². The van der Waals surface area contributed by atoms with E-state index in [2.05, 4.69) is 27.7 Å². The van der Waals surface area contributed by atoms with Crippen LogP contribution in [0.25, 0.3) is 11.3 Å². The van der Waals surface area contributed by atoms with Crippen LogP contribution >= 0.6 is 0 Å². The predicted octanol–water partition coefficient (Wildman–Crippen LogP) is 1.49. The maximum Gasteiger partial charge on any atom is 0.0583 e. The molecule has 0 bridgehead atoms. The summed E-state index contributed by atoms with van der Waals surface area (Å²) >= 11 is 0. The molecule has 2 aromatic heterocycles. The first kappa shape index (κ1) is 9.98. The van der Waals surface area contributed by atoms with E-state index in [1.54, 1.807) is 0 Å². The van der Waals surface area contributed by atoms with Gasteiger partial charge in [0.1, 0.15) is 0 Å². The molecular weight excluding hydrogens is 188 g/mol. The summed E-state index contributed by atoms with van der Waals surface area (Å²) in [7, 11) is 1.97. The molecule has 4 heteroatoms. The van der Waals surface area contributed by atoms with Crippen LogP contribution in [0.2, 0.25) is 0 Å². The van der Waals surface area contributed by atoms with Gasteiger partial charge in [-0.2, -0.15) is 5.10 Å². The van der Waals surface area contributed by atoms with Crippen LogP contribution in [0, 0.1) is 0 Å². The van der Waals surface area contributed by atoms with Gasteiger partial charge in [-0.1, -0.05) is 0 Å². The maximum atomic E-state index is 4.31. The van der Waals surface area contributed by atoms with E-state index in [0.717, 1.165) is 30.8 Å². The lowest BCUT2D eigenvalue weighted by Gasteiger charge is -1.99. The van der Waals surface area contributed by atoms with Crippen molar-refractivity contribution >= 4 is 0 Å². The van der Waals surface area contributed by atoms with Crippen LogP contribution in [0.5, 0.6) is 0 Å². The molecule has 15 heavy (non-hydrogen) atoms. The molecule has 0 aliphatic rings. The van der Waals surface area contributed by atoms with E-state index in [1.165, 1.54) is 0 Å². The fraction of sp³-hybridized carbons (Fsp3) is 0.364. The lowest BCUT2D eigenvalue weighted by atomic mass is 10.3. The first-order chi connectivity index (χ1) is 7.40. The topological polar surface area (TPSA) is 45.6 Å². The number of H-pyrrole nitrogens is 1. The lowest BCUT2D eigenvalue weighted by molar-refractivity contribution is 0.562. The summed E-state index contributed by atoms with van der Waals surface area (Å²) in [5.41, 5.74) is 2.26. The van der Waals surface area contributed by atoms with Gasteiger partial charge in [-0.25, -0.2) is 0 Å². The minimum Gasteiger partial charge on any atom is -0.361 e. The summed E-state index contributed by atoms with van der Waals surface area (Å²) in [4.78, 5) is 3.17. The van der Waals surface area contributed by atoms with Crippen molar-refractivity contribution < 1.29 is 0 Å². The highest BCUT2D eigenvalue weighted by molar-refractivity contribution is 5.56. The minimum absolute atomic E-state index is 0.960. The van der Waals surface area contributed by atoms with E-state index in [1.807, 2.05) is 30.2 Å². The molecule has 4 nitrogen and oxygen atoms in total. The van der Waals surface area contributed by atoms with Gasteiger partial charge in [-0.3, -0.25) is 4.68 Å². The number of nitrogens with zero attached hydrogens (tertiary/aromatic N) is 2. The molecule has 0 radical (unpaired) electrons. The van der Waals surface area contributed by atoms with Gasteiger partial charge in [0, 0.05) is 30.2 Å². The molecule has 0 spiro atoms. The van der Waals surface area contributed by atoms with Crippen LogP contribution < -0.4 is 5.32 Å². The Balaban J connectivity index is 1.98. The standard InChI is InChI=1S/C11H16N4/c1-12-5-3-7-15-9-10(8-14-15)11-4-2-6-13-11/h2,4,6,8-9,12-13H,3,5,7H2,1H3. The second-order valence-electron chi connectivity index (χ2n) is 3.53. The highest BCUT2D eigenvalue weighted by Crippen LogP contribution is 2.15. The molecule has 0 fully saturated rings. The van der Waals surface area contributed by atoms with Crippen molar-refractivity contribution in [3.8, 4) is 11.3 Å². The average molecular weight is 204 g/mol. The smallest absolute Gasteiger partial charge is 0.0583 e. The third kappa shape index (κ3) is 2.47. The predicted molar refractivity (Wildman–Crippen MR) is 60.6 cm³/mol. The number of aromatic amines is 1. The Morgan fingerprint density at radius 1 is 1.53 bits per heavy atom. The van der Waals surface area contributed by atoms with Gasteiger partial charge >= 0.3 is 0 Å². The first-order valence-electron chi connectivity index (χ1n) is 5.21. The Kier molecular flexibility index (Phi) is 3.19. The molecule has 2 rings (SSSR count). The summed E-state index contributed by atoms with van der Waals surface area (Å²) in [6.45, 7) is 1.99. The van der Waals surface area contributed by atoms with Gasteiger partial charge < -0.3 is 10.3 Å². The van der Waals surface area contributed by atoms with Crippen molar-refractivity contribution in [3.05, 3.63) is 30.7 Å². The largest absolute Gasteiger partial charge is 0.361 e. The molecule has 80 valence electrons. The second kappa shape index (κ2) is 4.79. The molecule has 2 heterocycles. The van der Waals surface area contributed by atoms with Crippen LogP contribution in [0.15, 0.2) is 30.7 Å². The SMILES string of the molecule is CNCCCn1cc(-c2ccc[nH]2)cn1. The zero-order chi connectivity index (χ0) is 10.5. The van der Waals surface area contributed by atoms with Gasteiger partial charge in [-0.05, 0) is 32.1 Å². The minimum atomic E-state index is 0.960. The van der Waals surface area contributed by atoms with Crippen molar-refractivity contribution in [1.29, 1.82) is 0 Å². The number of rotatable bonds is 5. The Morgan fingerprint density at radius 2 is 2.47 bits per heavy atom. The molecule has 0 aliphatic heterocycles. The van der Waals surface area contributed by atoms with E-state index in [0.29, 0.717) is 0 Å². The van der Waals surface area contributed by atoms with E-state index >= 15 is 0 Å². The molecule has 2 N–H and O–H groups in total. The maximum absolute atomic E-state index is 4.31. The molecule has 0 unspecified atom stereocenters. The van der Waals surface area contributed by atoms with Gasteiger partial charge in [0.15, 0.2) is 0 Å². The second-order valence-corrected chi connectivity index (χ2v) is 3.53. The Morgan fingerprint density at radius 3 is 3.20 bits per heavy atom. The van der Waals surface area contributed by atoms with Crippen LogP contribution in [0.1, 0.15) is 6.42 Å². The Bertz CT molecular complexity index is 388.